The number of carbonyl (C=O) groups is 2. The van der Waals surface area contributed by atoms with E-state index in [4.69, 9.17) is 5.73 Å². The average Bonchev–Trinajstić information content (AvgIpc) is 2.85. The zero-order valence-electron chi connectivity index (χ0n) is 9.66. The van der Waals surface area contributed by atoms with Crippen molar-refractivity contribution in [1.29, 1.82) is 0 Å². The van der Waals surface area contributed by atoms with Crippen molar-refractivity contribution in [3.05, 3.63) is 0 Å². The van der Waals surface area contributed by atoms with Crippen LogP contribution in [0.2, 0.25) is 0 Å². The molecule has 2 fully saturated rings. The fourth-order valence-corrected chi connectivity index (χ4v) is 2.47. The summed E-state index contributed by atoms with van der Waals surface area (Å²) in [4.78, 5) is 25.2. The van der Waals surface area contributed by atoms with Crippen molar-refractivity contribution in [2.45, 2.75) is 19.8 Å². The maximum absolute atomic E-state index is 12.1. The fourth-order valence-electron chi connectivity index (χ4n) is 2.47. The SMILES string of the molecule is CC1(C(N)=O)CCN(C(=O)C2CCNC2)C1. The van der Waals surface area contributed by atoms with Gasteiger partial charge in [-0.05, 0) is 26.3 Å². The van der Waals surface area contributed by atoms with Gasteiger partial charge in [0.2, 0.25) is 11.8 Å². The maximum atomic E-state index is 12.1. The Kier molecular flexibility index (Phi) is 2.88. The predicted octanol–water partition coefficient (Wildman–Crippen LogP) is -0.680. The van der Waals surface area contributed by atoms with Gasteiger partial charge in [-0.3, -0.25) is 9.59 Å². The van der Waals surface area contributed by atoms with E-state index in [1.165, 1.54) is 0 Å². The van der Waals surface area contributed by atoms with E-state index in [-0.39, 0.29) is 17.7 Å². The molecule has 2 aliphatic heterocycles. The second kappa shape index (κ2) is 4.05. The molecule has 90 valence electrons. The summed E-state index contributed by atoms with van der Waals surface area (Å²) in [6, 6.07) is 0. The van der Waals surface area contributed by atoms with E-state index in [0.717, 1.165) is 19.5 Å². The molecule has 0 aromatic carbocycles. The third kappa shape index (κ3) is 1.91. The summed E-state index contributed by atoms with van der Waals surface area (Å²) < 4.78 is 0. The number of rotatable bonds is 2. The summed E-state index contributed by atoms with van der Waals surface area (Å²) in [6.45, 7) is 4.67. The Labute approximate surface area is 95.3 Å². The van der Waals surface area contributed by atoms with Gasteiger partial charge < -0.3 is 16.0 Å². The third-order valence-electron chi connectivity index (χ3n) is 3.79. The highest BCUT2D eigenvalue weighted by atomic mass is 16.2. The Morgan fingerprint density at radius 1 is 1.50 bits per heavy atom. The second-order valence-corrected chi connectivity index (χ2v) is 5.12. The normalized spacial score (nSPS) is 34.3. The van der Waals surface area contributed by atoms with E-state index >= 15 is 0 Å². The Morgan fingerprint density at radius 2 is 2.25 bits per heavy atom. The van der Waals surface area contributed by atoms with Crippen LogP contribution in [-0.2, 0) is 9.59 Å². The van der Waals surface area contributed by atoms with Crippen LogP contribution in [-0.4, -0.2) is 42.9 Å². The molecule has 16 heavy (non-hydrogen) atoms. The molecule has 2 amide bonds. The van der Waals surface area contributed by atoms with Crippen molar-refractivity contribution in [1.82, 2.24) is 10.2 Å². The van der Waals surface area contributed by atoms with Gasteiger partial charge >= 0.3 is 0 Å². The maximum Gasteiger partial charge on any atom is 0.227 e. The minimum atomic E-state index is -0.526. The van der Waals surface area contributed by atoms with Gasteiger partial charge in [0.15, 0.2) is 0 Å². The van der Waals surface area contributed by atoms with Crippen LogP contribution in [0.15, 0.2) is 0 Å². The van der Waals surface area contributed by atoms with Gasteiger partial charge in [0, 0.05) is 19.6 Å². The van der Waals surface area contributed by atoms with Crippen LogP contribution in [0.1, 0.15) is 19.8 Å². The summed E-state index contributed by atoms with van der Waals surface area (Å²) in [7, 11) is 0. The molecule has 0 aromatic rings. The van der Waals surface area contributed by atoms with E-state index in [1.807, 2.05) is 6.92 Å². The average molecular weight is 225 g/mol. The van der Waals surface area contributed by atoms with Crippen LogP contribution in [0.4, 0.5) is 0 Å². The monoisotopic (exact) mass is 225 g/mol. The lowest BCUT2D eigenvalue weighted by molar-refractivity contribution is -0.134. The van der Waals surface area contributed by atoms with E-state index in [9.17, 15) is 9.59 Å². The standard InChI is InChI=1S/C11H19N3O2/c1-11(10(12)16)3-5-14(7-11)9(15)8-2-4-13-6-8/h8,13H,2-7H2,1H3,(H2,12,16). The number of nitrogens with one attached hydrogen (secondary N) is 1. The first-order valence-corrected chi connectivity index (χ1v) is 5.82. The first kappa shape index (κ1) is 11.4. The number of nitrogens with two attached hydrogens (primary N) is 1. The van der Waals surface area contributed by atoms with E-state index in [1.54, 1.807) is 4.90 Å². The number of likely N-dealkylation sites (tertiary alicyclic amines) is 1. The molecule has 3 N–H and O–H groups in total. The molecule has 2 heterocycles. The Bertz CT molecular complexity index is 312. The minimum Gasteiger partial charge on any atom is -0.369 e. The van der Waals surface area contributed by atoms with Gasteiger partial charge in [-0.15, -0.1) is 0 Å². The molecule has 0 bridgehead atoms. The quantitative estimate of drug-likeness (QED) is 0.654. The van der Waals surface area contributed by atoms with Crippen molar-refractivity contribution in [3.63, 3.8) is 0 Å². The van der Waals surface area contributed by atoms with Crippen LogP contribution < -0.4 is 11.1 Å². The Morgan fingerprint density at radius 3 is 2.75 bits per heavy atom. The van der Waals surface area contributed by atoms with Crippen LogP contribution in [0.3, 0.4) is 0 Å². The highest BCUT2D eigenvalue weighted by Gasteiger charge is 2.42. The molecule has 0 aromatic heterocycles. The van der Waals surface area contributed by atoms with Gasteiger partial charge in [0.25, 0.3) is 0 Å². The van der Waals surface area contributed by atoms with E-state index in [2.05, 4.69) is 5.32 Å². The smallest absolute Gasteiger partial charge is 0.227 e. The molecule has 0 radical (unpaired) electrons. The molecule has 2 atom stereocenters. The first-order valence-electron chi connectivity index (χ1n) is 5.82. The zero-order valence-corrected chi connectivity index (χ0v) is 9.66. The van der Waals surface area contributed by atoms with Gasteiger partial charge in [-0.2, -0.15) is 0 Å². The number of hydrogen-bond donors (Lipinski definition) is 2. The van der Waals surface area contributed by atoms with Crippen LogP contribution in [0.25, 0.3) is 0 Å². The third-order valence-corrected chi connectivity index (χ3v) is 3.79. The summed E-state index contributed by atoms with van der Waals surface area (Å²) in [5.41, 5.74) is 4.83. The highest BCUT2D eigenvalue weighted by Crippen LogP contribution is 2.30. The minimum absolute atomic E-state index is 0.0928. The van der Waals surface area contributed by atoms with Crippen LogP contribution >= 0.6 is 0 Å². The summed E-state index contributed by atoms with van der Waals surface area (Å²) in [5.74, 6) is -0.0300. The van der Waals surface area contributed by atoms with Crippen LogP contribution in [0.5, 0.6) is 0 Å². The summed E-state index contributed by atoms with van der Waals surface area (Å²) in [5, 5.41) is 3.18. The molecule has 2 saturated heterocycles. The van der Waals surface area contributed by atoms with Crippen molar-refractivity contribution in [2.75, 3.05) is 26.2 Å². The Hall–Kier alpha value is -1.10. The predicted molar refractivity (Wildman–Crippen MR) is 59.5 cm³/mol. The van der Waals surface area contributed by atoms with Gasteiger partial charge in [0.05, 0.1) is 11.3 Å². The molecular formula is C11H19N3O2. The topological polar surface area (TPSA) is 75.4 Å². The lowest BCUT2D eigenvalue weighted by Gasteiger charge is -2.23. The van der Waals surface area contributed by atoms with Crippen molar-refractivity contribution in [3.8, 4) is 0 Å². The lowest BCUT2D eigenvalue weighted by atomic mass is 9.89. The first-order chi connectivity index (χ1) is 7.53. The van der Waals surface area contributed by atoms with Crippen LogP contribution in [0, 0.1) is 11.3 Å². The highest BCUT2D eigenvalue weighted by molar-refractivity contribution is 5.84. The van der Waals surface area contributed by atoms with Crippen molar-refractivity contribution in [2.24, 2.45) is 17.1 Å². The molecule has 0 saturated carbocycles. The number of amides is 2. The molecule has 2 unspecified atom stereocenters. The number of nitrogens with zero attached hydrogens (tertiary/aromatic N) is 1. The second-order valence-electron chi connectivity index (χ2n) is 5.12. The summed E-state index contributed by atoms with van der Waals surface area (Å²) >= 11 is 0. The van der Waals surface area contributed by atoms with E-state index in [0.29, 0.717) is 19.5 Å². The zero-order chi connectivity index (χ0) is 11.8. The molecular weight excluding hydrogens is 206 g/mol. The Balaban J connectivity index is 1.97. The van der Waals surface area contributed by atoms with Crippen molar-refractivity contribution < 1.29 is 9.59 Å². The molecule has 5 heteroatoms. The molecule has 2 rings (SSSR count). The fraction of sp³-hybridized carbons (Fsp3) is 0.818. The van der Waals surface area contributed by atoms with E-state index < -0.39 is 5.41 Å². The molecule has 5 nitrogen and oxygen atoms in total. The van der Waals surface area contributed by atoms with Gasteiger partial charge in [-0.25, -0.2) is 0 Å². The van der Waals surface area contributed by atoms with Gasteiger partial charge in [0.1, 0.15) is 0 Å². The largest absolute Gasteiger partial charge is 0.369 e. The summed E-state index contributed by atoms with van der Waals surface area (Å²) in [6.07, 6.45) is 1.59. The van der Waals surface area contributed by atoms with Gasteiger partial charge in [-0.1, -0.05) is 0 Å². The number of hydrogen-bond acceptors (Lipinski definition) is 3. The lowest BCUT2D eigenvalue weighted by Crippen LogP contribution is -2.40. The molecule has 2 aliphatic rings. The number of carbonyl (C=O) groups excluding carboxylic acids is 2. The molecule has 0 aliphatic carbocycles. The van der Waals surface area contributed by atoms with Crippen molar-refractivity contribution >= 4 is 11.8 Å². The molecule has 0 spiro atoms. The number of primary amides is 1.